The van der Waals surface area contributed by atoms with E-state index in [2.05, 4.69) is 4.98 Å². The number of rotatable bonds is 1. The zero-order chi connectivity index (χ0) is 11.7. The summed E-state index contributed by atoms with van der Waals surface area (Å²) < 4.78 is 0.960. The van der Waals surface area contributed by atoms with Crippen molar-refractivity contribution in [3.8, 4) is 0 Å². The van der Waals surface area contributed by atoms with Crippen molar-refractivity contribution in [3.05, 3.63) is 24.3 Å². The van der Waals surface area contributed by atoms with Crippen LogP contribution in [0.4, 0.5) is 5.13 Å². The van der Waals surface area contributed by atoms with Gasteiger partial charge in [-0.25, -0.2) is 4.98 Å². The number of anilines is 1. The monoisotopic (exact) mass is 235 g/mol. The van der Waals surface area contributed by atoms with Crippen LogP contribution in [0.15, 0.2) is 24.3 Å². The summed E-state index contributed by atoms with van der Waals surface area (Å²) in [6.07, 6.45) is 0. The number of para-hydroxylation sites is 1. The lowest BCUT2D eigenvalue weighted by molar-refractivity contribution is -0.135. The fourth-order valence-electron chi connectivity index (χ4n) is 1.26. The number of fused-ring (bicyclic) bond motifs is 1. The minimum atomic E-state index is -0.984. The number of hydrogen-bond donors (Lipinski definition) is 1. The van der Waals surface area contributed by atoms with Gasteiger partial charge in [0.05, 0.1) is 10.2 Å². The van der Waals surface area contributed by atoms with E-state index in [1.807, 2.05) is 24.3 Å². The highest BCUT2D eigenvalue weighted by atomic mass is 32.1. The van der Waals surface area contributed by atoms with Crippen LogP contribution >= 0.6 is 11.3 Å². The Morgan fingerprint density at radius 3 is 2.69 bits per heavy atom. The Balaban J connectivity index is 2.40. The van der Waals surface area contributed by atoms with Crippen molar-refractivity contribution in [2.75, 3.05) is 11.9 Å². The number of carbonyl (C=O) groups is 2. The highest BCUT2D eigenvalue weighted by Crippen LogP contribution is 2.27. The van der Waals surface area contributed by atoms with Crippen LogP contribution in [-0.2, 0) is 9.59 Å². The number of carbonyl (C=O) groups excluding carboxylic acids is 2. The fraction of sp³-hybridized carbons (Fsp3) is 0.100. The van der Waals surface area contributed by atoms with Gasteiger partial charge in [-0.1, -0.05) is 23.5 Å². The van der Waals surface area contributed by atoms with Gasteiger partial charge in [0.15, 0.2) is 5.13 Å². The Kier molecular flexibility index (Phi) is 2.57. The predicted octanol–water partition coefficient (Wildman–Crippen LogP) is 0.744. The average molecular weight is 235 g/mol. The molecule has 0 aliphatic rings. The lowest BCUT2D eigenvalue weighted by Crippen LogP contribution is -2.37. The quantitative estimate of drug-likeness (QED) is 0.741. The first-order chi connectivity index (χ1) is 7.59. The SMILES string of the molecule is CN(C(=O)C(N)=O)c1nc2ccccc2s1. The van der Waals surface area contributed by atoms with Gasteiger partial charge in [-0.2, -0.15) is 0 Å². The van der Waals surface area contributed by atoms with Crippen LogP contribution in [0.25, 0.3) is 10.2 Å². The molecule has 6 heteroatoms. The van der Waals surface area contributed by atoms with Gasteiger partial charge < -0.3 is 5.73 Å². The van der Waals surface area contributed by atoms with E-state index in [4.69, 9.17) is 5.73 Å². The fourth-order valence-corrected chi connectivity index (χ4v) is 2.18. The third-order valence-electron chi connectivity index (χ3n) is 2.08. The van der Waals surface area contributed by atoms with Gasteiger partial charge >= 0.3 is 11.8 Å². The number of aromatic nitrogens is 1. The molecule has 0 aliphatic carbocycles. The number of amides is 2. The van der Waals surface area contributed by atoms with Crippen molar-refractivity contribution >= 4 is 38.5 Å². The van der Waals surface area contributed by atoms with Crippen LogP contribution in [0.3, 0.4) is 0 Å². The number of benzene rings is 1. The summed E-state index contributed by atoms with van der Waals surface area (Å²) in [5.74, 6) is -1.75. The third-order valence-corrected chi connectivity index (χ3v) is 3.20. The van der Waals surface area contributed by atoms with Crippen molar-refractivity contribution in [2.24, 2.45) is 5.73 Å². The van der Waals surface area contributed by atoms with Crippen LogP contribution in [-0.4, -0.2) is 23.8 Å². The van der Waals surface area contributed by atoms with Crippen molar-refractivity contribution in [3.63, 3.8) is 0 Å². The highest BCUT2D eigenvalue weighted by molar-refractivity contribution is 7.22. The van der Waals surface area contributed by atoms with Gasteiger partial charge in [0.25, 0.3) is 0 Å². The first-order valence-electron chi connectivity index (χ1n) is 4.52. The summed E-state index contributed by atoms with van der Waals surface area (Å²) in [6, 6.07) is 7.50. The van der Waals surface area contributed by atoms with E-state index in [0.717, 1.165) is 15.1 Å². The molecule has 2 rings (SSSR count). The second kappa shape index (κ2) is 3.90. The molecule has 0 saturated carbocycles. The Morgan fingerprint density at radius 2 is 2.06 bits per heavy atom. The predicted molar refractivity (Wildman–Crippen MR) is 62.2 cm³/mol. The molecule has 0 aliphatic heterocycles. The van der Waals surface area contributed by atoms with Gasteiger partial charge in [-0.3, -0.25) is 14.5 Å². The van der Waals surface area contributed by atoms with Crippen LogP contribution in [0.1, 0.15) is 0 Å². The summed E-state index contributed by atoms with van der Waals surface area (Å²) in [6.45, 7) is 0. The maximum absolute atomic E-state index is 11.3. The van der Waals surface area contributed by atoms with Crippen LogP contribution in [0, 0.1) is 0 Å². The summed E-state index contributed by atoms with van der Waals surface area (Å²) >= 11 is 1.34. The summed E-state index contributed by atoms with van der Waals surface area (Å²) in [5.41, 5.74) is 5.71. The smallest absolute Gasteiger partial charge is 0.317 e. The standard InChI is InChI=1S/C10H9N3O2S/c1-13(9(15)8(11)14)10-12-6-4-2-3-5-7(6)16-10/h2-5H,1H3,(H2,11,14). The third kappa shape index (κ3) is 1.74. The average Bonchev–Trinajstić information content (AvgIpc) is 2.70. The maximum Gasteiger partial charge on any atom is 0.317 e. The molecule has 0 atom stereocenters. The van der Waals surface area contributed by atoms with Crippen LogP contribution in [0.2, 0.25) is 0 Å². The van der Waals surface area contributed by atoms with Gasteiger partial charge in [0, 0.05) is 7.05 Å². The van der Waals surface area contributed by atoms with E-state index in [1.54, 1.807) is 0 Å². The number of thiazole rings is 1. The number of primary amides is 1. The molecule has 0 unspecified atom stereocenters. The molecule has 0 spiro atoms. The summed E-state index contributed by atoms with van der Waals surface area (Å²) in [4.78, 5) is 27.5. The maximum atomic E-state index is 11.3. The first-order valence-corrected chi connectivity index (χ1v) is 5.34. The molecule has 1 heterocycles. The normalized spacial score (nSPS) is 10.3. The number of hydrogen-bond acceptors (Lipinski definition) is 4. The van der Waals surface area contributed by atoms with E-state index >= 15 is 0 Å². The molecule has 16 heavy (non-hydrogen) atoms. The Bertz CT molecular complexity index is 531. The molecular weight excluding hydrogens is 226 g/mol. The lowest BCUT2D eigenvalue weighted by Gasteiger charge is -2.09. The number of likely N-dealkylation sites (N-methyl/N-ethyl adjacent to an activating group) is 1. The van der Waals surface area contributed by atoms with Crippen LogP contribution < -0.4 is 10.6 Å². The Labute approximate surface area is 95.5 Å². The van der Waals surface area contributed by atoms with E-state index in [1.165, 1.54) is 18.4 Å². The minimum Gasteiger partial charge on any atom is -0.361 e. The second-order valence-electron chi connectivity index (χ2n) is 3.19. The van der Waals surface area contributed by atoms with E-state index in [0.29, 0.717) is 5.13 Å². The van der Waals surface area contributed by atoms with Crippen LogP contribution in [0.5, 0.6) is 0 Å². The van der Waals surface area contributed by atoms with Gasteiger partial charge in [0.2, 0.25) is 0 Å². The lowest BCUT2D eigenvalue weighted by atomic mass is 10.3. The molecule has 1 aromatic carbocycles. The van der Waals surface area contributed by atoms with Gasteiger partial charge in [-0.05, 0) is 12.1 Å². The van der Waals surface area contributed by atoms with E-state index < -0.39 is 11.8 Å². The Morgan fingerprint density at radius 1 is 1.38 bits per heavy atom. The van der Waals surface area contributed by atoms with Gasteiger partial charge in [0.1, 0.15) is 0 Å². The van der Waals surface area contributed by atoms with Crippen molar-refractivity contribution in [2.45, 2.75) is 0 Å². The molecule has 0 bridgehead atoms. The highest BCUT2D eigenvalue weighted by Gasteiger charge is 2.19. The molecule has 0 saturated heterocycles. The second-order valence-corrected chi connectivity index (χ2v) is 4.20. The first kappa shape index (κ1) is 10.6. The molecule has 82 valence electrons. The molecule has 1 aromatic heterocycles. The molecule has 2 aromatic rings. The molecule has 0 radical (unpaired) electrons. The minimum absolute atomic E-state index is 0.463. The van der Waals surface area contributed by atoms with Crippen molar-refractivity contribution in [1.29, 1.82) is 0 Å². The van der Waals surface area contributed by atoms with E-state index in [-0.39, 0.29) is 0 Å². The topological polar surface area (TPSA) is 76.3 Å². The Hall–Kier alpha value is -1.95. The zero-order valence-corrected chi connectivity index (χ0v) is 9.32. The zero-order valence-electron chi connectivity index (χ0n) is 8.51. The van der Waals surface area contributed by atoms with Crippen molar-refractivity contribution < 1.29 is 9.59 Å². The van der Waals surface area contributed by atoms with Crippen molar-refractivity contribution in [1.82, 2.24) is 4.98 Å². The molecular formula is C10H9N3O2S. The number of nitrogens with two attached hydrogens (primary N) is 1. The summed E-state index contributed by atoms with van der Waals surface area (Å²) in [5, 5.41) is 0.463. The van der Waals surface area contributed by atoms with E-state index in [9.17, 15) is 9.59 Å². The molecule has 2 amide bonds. The molecule has 2 N–H and O–H groups in total. The number of nitrogens with zero attached hydrogens (tertiary/aromatic N) is 2. The largest absolute Gasteiger partial charge is 0.361 e. The summed E-state index contributed by atoms with van der Waals surface area (Å²) in [7, 11) is 1.48. The van der Waals surface area contributed by atoms with Gasteiger partial charge in [-0.15, -0.1) is 0 Å². The molecule has 5 nitrogen and oxygen atoms in total. The molecule has 0 fully saturated rings.